The van der Waals surface area contributed by atoms with E-state index in [-0.39, 0.29) is 23.8 Å². The maximum atomic E-state index is 14.1. The van der Waals surface area contributed by atoms with Crippen molar-refractivity contribution in [3.8, 4) is 0 Å². The minimum Gasteiger partial charge on any atom is -0.359 e. The summed E-state index contributed by atoms with van der Waals surface area (Å²) in [5.74, 6) is -2.05. The molecule has 4 aliphatic rings. The summed E-state index contributed by atoms with van der Waals surface area (Å²) in [7, 11) is 0. The summed E-state index contributed by atoms with van der Waals surface area (Å²) >= 11 is 1.60. The van der Waals surface area contributed by atoms with Crippen LogP contribution in [0.4, 0.5) is 5.69 Å². The number of anilines is 1. The molecular formula is C31H35N3O4S. The lowest BCUT2D eigenvalue weighted by atomic mass is 9.74. The Labute approximate surface area is 233 Å². The van der Waals surface area contributed by atoms with E-state index in [1.807, 2.05) is 73.0 Å². The summed E-state index contributed by atoms with van der Waals surface area (Å²) in [6.45, 7) is 0.385. The average molecular weight is 546 g/mol. The number of carbonyl (C=O) groups excluding carboxylic acids is 3. The zero-order valence-electron chi connectivity index (χ0n) is 22.2. The van der Waals surface area contributed by atoms with Crippen LogP contribution in [0.1, 0.15) is 37.7 Å². The summed E-state index contributed by atoms with van der Waals surface area (Å²) in [6, 6.07) is 16.9. The first kappa shape index (κ1) is 26.1. The van der Waals surface area contributed by atoms with Gasteiger partial charge in [0.05, 0.1) is 17.9 Å². The Bertz CT molecular complexity index is 1280. The number of ether oxygens (including phenoxy) is 1. The number of carbonyl (C=O) groups is 3. The van der Waals surface area contributed by atoms with Gasteiger partial charge in [0, 0.05) is 23.2 Å². The summed E-state index contributed by atoms with van der Waals surface area (Å²) in [5, 5.41) is 6.27. The van der Waals surface area contributed by atoms with Crippen LogP contribution in [0.25, 0.3) is 0 Å². The van der Waals surface area contributed by atoms with E-state index in [4.69, 9.17) is 4.74 Å². The number of rotatable bonds is 8. The molecule has 3 fully saturated rings. The zero-order chi connectivity index (χ0) is 27.0. The second-order valence-corrected chi connectivity index (χ2v) is 11.9. The fourth-order valence-corrected chi connectivity index (χ4v) is 7.31. The minimum atomic E-state index is -1.14. The highest BCUT2D eigenvalue weighted by atomic mass is 32.2. The van der Waals surface area contributed by atoms with Crippen LogP contribution in [-0.4, -0.2) is 59.2 Å². The molecule has 1 spiro atoms. The van der Waals surface area contributed by atoms with Gasteiger partial charge in [0.25, 0.3) is 0 Å². The van der Waals surface area contributed by atoms with E-state index >= 15 is 0 Å². The third kappa shape index (κ3) is 4.78. The van der Waals surface area contributed by atoms with Crippen molar-refractivity contribution in [2.45, 2.75) is 67.2 Å². The molecule has 2 bridgehead atoms. The van der Waals surface area contributed by atoms with Gasteiger partial charge in [-0.2, -0.15) is 0 Å². The molecule has 3 aliphatic heterocycles. The van der Waals surface area contributed by atoms with Crippen molar-refractivity contribution in [3.05, 3.63) is 72.3 Å². The zero-order valence-corrected chi connectivity index (χ0v) is 23.0. The molecule has 0 radical (unpaired) electrons. The molecule has 5 atom stereocenters. The topological polar surface area (TPSA) is 87.7 Å². The van der Waals surface area contributed by atoms with Gasteiger partial charge in [0.2, 0.25) is 17.7 Å². The Morgan fingerprint density at radius 3 is 2.62 bits per heavy atom. The first-order chi connectivity index (χ1) is 19.0. The number of hydrogen-bond donors (Lipinski definition) is 2. The number of nitrogens with one attached hydrogen (secondary N) is 2. The molecule has 7 nitrogen and oxygen atoms in total. The second kappa shape index (κ2) is 10.8. The van der Waals surface area contributed by atoms with Crippen LogP contribution < -0.4 is 10.6 Å². The Kier molecular flexibility index (Phi) is 7.25. The van der Waals surface area contributed by atoms with Gasteiger partial charge in [0.1, 0.15) is 11.6 Å². The van der Waals surface area contributed by atoms with Gasteiger partial charge < -0.3 is 20.3 Å². The van der Waals surface area contributed by atoms with Crippen molar-refractivity contribution in [1.82, 2.24) is 10.2 Å². The van der Waals surface area contributed by atoms with Gasteiger partial charge in [-0.25, -0.2) is 0 Å². The Morgan fingerprint density at radius 2 is 1.85 bits per heavy atom. The highest BCUT2D eigenvalue weighted by molar-refractivity contribution is 7.98. The van der Waals surface area contributed by atoms with Crippen LogP contribution in [0.3, 0.4) is 0 Å². The van der Waals surface area contributed by atoms with Crippen molar-refractivity contribution in [2.24, 2.45) is 11.8 Å². The fraction of sp³-hybridized carbons (Fsp3) is 0.452. The number of hydrogen-bond acceptors (Lipinski definition) is 5. The number of likely N-dealkylation sites (tertiary alicyclic amines) is 1. The fourth-order valence-electron chi connectivity index (χ4n) is 6.86. The van der Waals surface area contributed by atoms with E-state index < -0.39 is 29.6 Å². The van der Waals surface area contributed by atoms with Crippen molar-refractivity contribution in [1.29, 1.82) is 0 Å². The van der Waals surface area contributed by atoms with Crippen LogP contribution >= 0.6 is 11.8 Å². The Morgan fingerprint density at radius 1 is 1.05 bits per heavy atom. The molecule has 3 unspecified atom stereocenters. The van der Waals surface area contributed by atoms with Crippen LogP contribution in [0.5, 0.6) is 0 Å². The van der Waals surface area contributed by atoms with Crippen molar-refractivity contribution in [2.75, 3.05) is 18.1 Å². The molecule has 1 saturated carbocycles. The quantitative estimate of drug-likeness (QED) is 0.384. The number of benzene rings is 2. The van der Waals surface area contributed by atoms with Crippen molar-refractivity contribution < 1.29 is 19.1 Å². The standard InChI is InChI=1S/C31H35N3O4S/c1-39-23-14-8-13-22(19-23)33-28(35)25-24-15-17-31(38-24)26(25)30(37)34(18-16-20-9-4-2-5-10-20)27(31)29(36)32-21-11-6-3-7-12-21/h2,4-5,8-10,13-15,17,19,21,24-27H,3,6-7,11-12,16,18H2,1H3,(H,32,36)(H,33,35)/t24-,25?,26-,27?,31?/m0/s1. The smallest absolute Gasteiger partial charge is 0.246 e. The molecule has 3 amide bonds. The SMILES string of the molecule is CSc1cccc(NC(=O)C2[C@@H]3C=CC4(O3)C(C(=O)NC3CCCCC3)N(CCc3ccccc3)C(=O)[C@H]24)c1. The second-order valence-electron chi connectivity index (χ2n) is 11.0. The van der Waals surface area contributed by atoms with Crippen molar-refractivity contribution >= 4 is 35.2 Å². The monoisotopic (exact) mass is 545 g/mol. The van der Waals surface area contributed by atoms with E-state index in [1.54, 1.807) is 16.7 Å². The largest absolute Gasteiger partial charge is 0.359 e. The van der Waals surface area contributed by atoms with Crippen LogP contribution in [0.15, 0.2) is 71.6 Å². The van der Waals surface area contributed by atoms with Gasteiger partial charge in [0.15, 0.2) is 0 Å². The molecule has 39 heavy (non-hydrogen) atoms. The predicted octanol–water partition coefficient (Wildman–Crippen LogP) is 4.19. The summed E-state index contributed by atoms with van der Waals surface area (Å²) in [5.41, 5.74) is 0.640. The first-order valence-electron chi connectivity index (χ1n) is 14.0. The Hall–Kier alpha value is -3.10. The van der Waals surface area contributed by atoms with E-state index in [1.165, 1.54) is 6.42 Å². The lowest BCUT2D eigenvalue weighted by Crippen LogP contribution is -2.56. The van der Waals surface area contributed by atoms with Crippen LogP contribution in [0.2, 0.25) is 0 Å². The normalized spacial score (nSPS) is 29.5. The lowest BCUT2D eigenvalue weighted by molar-refractivity contribution is -0.141. The number of nitrogens with zero attached hydrogens (tertiary/aromatic N) is 1. The summed E-state index contributed by atoms with van der Waals surface area (Å²) < 4.78 is 6.48. The first-order valence-corrected chi connectivity index (χ1v) is 15.2. The number of thioether (sulfide) groups is 1. The molecule has 1 aliphatic carbocycles. The average Bonchev–Trinajstić information content (AvgIpc) is 3.60. The molecule has 8 heteroatoms. The molecule has 6 rings (SSSR count). The Balaban J connectivity index is 1.29. The third-order valence-corrected chi connectivity index (χ3v) is 9.42. The van der Waals surface area contributed by atoms with Gasteiger partial charge in [-0.05, 0) is 49.3 Å². The lowest BCUT2D eigenvalue weighted by Gasteiger charge is -2.34. The summed E-state index contributed by atoms with van der Waals surface area (Å²) in [4.78, 5) is 44.4. The molecule has 2 saturated heterocycles. The molecule has 2 N–H and O–H groups in total. The van der Waals surface area contributed by atoms with Gasteiger partial charge in [-0.3, -0.25) is 14.4 Å². The molecule has 2 aromatic rings. The highest BCUT2D eigenvalue weighted by Crippen LogP contribution is 2.55. The van der Waals surface area contributed by atoms with E-state index in [0.717, 1.165) is 36.1 Å². The van der Waals surface area contributed by atoms with Gasteiger partial charge in [-0.1, -0.05) is 67.8 Å². The maximum Gasteiger partial charge on any atom is 0.246 e. The van der Waals surface area contributed by atoms with Gasteiger partial charge in [-0.15, -0.1) is 11.8 Å². The molecule has 3 heterocycles. The van der Waals surface area contributed by atoms with Crippen LogP contribution in [0, 0.1) is 11.8 Å². The molecular weight excluding hydrogens is 510 g/mol. The number of fused-ring (bicyclic) bond motifs is 1. The van der Waals surface area contributed by atoms with Crippen LogP contribution in [-0.2, 0) is 25.5 Å². The van der Waals surface area contributed by atoms with Crippen molar-refractivity contribution in [3.63, 3.8) is 0 Å². The molecule has 0 aromatic heterocycles. The highest BCUT2D eigenvalue weighted by Gasteiger charge is 2.72. The van der Waals surface area contributed by atoms with E-state index in [0.29, 0.717) is 18.7 Å². The minimum absolute atomic E-state index is 0.109. The van der Waals surface area contributed by atoms with E-state index in [2.05, 4.69) is 10.6 Å². The molecule has 2 aromatic carbocycles. The predicted molar refractivity (Wildman–Crippen MR) is 151 cm³/mol. The maximum absolute atomic E-state index is 14.1. The van der Waals surface area contributed by atoms with Gasteiger partial charge >= 0.3 is 0 Å². The number of amides is 3. The third-order valence-electron chi connectivity index (χ3n) is 8.70. The van der Waals surface area contributed by atoms with E-state index in [9.17, 15) is 14.4 Å². The molecule has 204 valence electrons. The summed E-state index contributed by atoms with van der Waals surface area (Å²) in [6.07, 6.45) is 11.1.